The summed E-state index contributed by atoms with van der Waals surface area (Å²) < 4.78 is 0. The zero-order valence-electron chi connectivity index (χ0n) is 12.4. The van der Waals surface area contributed by atoms with Gasteiger partial charge >= 0.3 is 5.91 Å². The molecule has 19 heavy (non-hydrogen) atoms. The quantitative estimate of drug-likeness (QED) is 0.844. The molecule has 0 unspecified atom stereocenters. The molecule has 0 fully saturated rings. The van der Waals surface area contributed by atoms with Crippen LogP contribution in [-0.4, -0.2) is 12.5 Å². The number of hydrogen-bond acceptors (Lipinski definition) is 2. The molecule has 102 valence electrons. The Kier molecular flexibility index (Phi) is 4.72. The van der Waals surface area contributed by atoms with Gasteiger partial charge in [0.1, 0.15) is 0 Å². The van der Waals surface area contributed by atoms with E-state index in [0.717, 1.165) is 0 Å². The van der Waals surface area contributed by atoms with Crippen LogP contribution in [0.3, 0.4) is 0 Å². The minimum absolute atomic E-state index is 0.193. The molecule has 0 aliphatic carbocycles. The summed E-state index contributed by atoms with van der Waals surface area (Å²) >= 11 is 0. The van der Waals surface area contributed by atoms with Gasteiger partial charge in [-0.2, -0.15) is 5.26 Å². The number of carbonyl (C=O) groups excluding carboxylic acids is 1. The Labute approximate surface area is 115 Å². The fourth-order valence-electron chi connectivity index (χ4n) is 2.16. The maximum atomic E-state index is 11.1. The number of nitriles is 1. The zero-order chi connectivity index (χ0) is 14.6. The number of nitrogens with one attached hydrogen (secondary N) is 1. The number of benzene rings is 1. The van der Waals surface area contributed by atoms with E-state index in [1.165, 1.54) is 16.7 Å². The van der Waals surface area contributed by atoms with E-state index in [0.29, 0.717) is 12.5 Å². The van der Waals surface area contributed by atoms with Crippen molar-refractivity contribution in [3.8, 4) is 6.07 Å². The van der Waals surface area contributed by atoms with E-state index in [-0.39, 0.29) is 5.41 Å². The van der Waals surface area contributed by atoms with E-state index in [9.17, 15) is 4.79 Å². The molecule has 0 bridgehead atoms. The molecule has 0 atom stereocenters. The van der Waals surface area contributed by atoms with Crippen molar-refractivity contribution in [3.05, 3.63) is 34.9 Å². The van der Waals surface area contributed by atoms with E-state index in [1.54, 1.807) is 6.07 Å². The molecule has 3 heteroatoms. The molecule has 0 radical (unpaired) electrons. The van der Waals surface area contributed by atoms with Gasteiger partial charge in [-0.25, -0.2) is 0 Å². The summed E-state index contributed by atoms with van der Waals surface area (Å²) in [6.45, 7) is 11.0. The molecule has 1 aromatic carbocycles. The van der Waals surface area contributed by atoms with Crippen molar-refractivity contribution in [2.45, 2.75) is 46.0 Å². The first kappa shape index (κ1) is 15.2. The summed E-state index contributed by atoms with van der Waals surface area (Å²) in [5.74, 6) is -0.102. The van der Waals surface area contributed by atoms with Crippen LogP contribution in [0.2, 0.25) is 0 Å². The minimum atomic E-state index is -0.578. The summed E-state index contributed by atoms with van der Waals surface area (Å²) in [5.41, 5.74) is 3.53. The summed E-state index contributed by atoms with van der Waals surface area (Å²) in [6.07, 6.45) is 0. The average molecular weight is 258 g/mol. The molecular weight excluding hydrogens is 236 g/mol. The van der Waals surface area contributed by atoms with E-state index in [1.807, 2.05) is 0 Å². The lowest BCUT2D eigenvalue weighted by Crippen LogP contribution is -2.36. The van der Waals surface area contributed by atoms with Crippen molar-refractivity contribution >= 4 is 5.91 Å². The van der Waals surface area contributed by atoms with Crippen molar-refractivity contribution in [2.24, 2.45) is 0 Å². The van der Waals surface area contributed by atoms with E-state index in [4.69, 9.17) is 5.26 Å². The molecule has 1 aromatic rings. The lowest BCUT2D eigenvalue weighted by atomic mass is 9.80. The van der Waals surface area contributed by atoms with Gasteiger partial charge in [0.05, 0.1) is 0 Å². The fraction of sp³-hybridized carbons (Fsp3) is 0.500. The number of carbonyl (C=O) groups is 1. The average Bonchev–Trinajstić information content (AvgIpc) is 2.36. The van der Waals surface area contributed by atoms with Crippen LogP contribution in [0.25, 0.3) is 0 Å². The Morgan fingerprint density at radius 1 is 1.42 bits per heavy atom. The second-order valence-electron chi connectivity index (χ2n) is 5.91. The Balaban J connectivity index is 3.03. The molecule has 0 saturated carbocycles. The molecule has 0 aliphatic heterocycles. The standard InChI is InChI=1S/C16H22N2O/c1-11(2)13-7-6-12(3)14(8-13)16(4,5)10-18-15(19)9-17/h6-8,11H,10H2,1-5H3,(H,18,19). The molecule has 1 rings (SSSR count). The van der Waals surface area contributed by atoms with Gasteiger partial charge in [-0.3, -0.25) is 4.79 Å². The first-order valence-electron chi connectivity index (χ1n) is 6.57. The Morgan fingerprint density at radius 2 is 2.05 bits per heavy atom. The monoisotopic (exact) mass is 258 g/mol. The predicted octanol–water partition coefficient (Wildman–Crippen LogP) is 3.04. The van der Waals surface area contributed by atoms with Gasteiger partial charge in [0.15, 0.2) is 6.07 Å². The van der Waals surface area contributed by atoms with Crippen LogP contribution in [0.15, 0.2) is 18.2 Å². The molecule has 0 heterocycles. The number of rotatable bonds is 4. The topological polar surface area (TPSA) is 52.9 Å². The smallest absolute Gasteiger partial charge is 0.322 e. The van der Waals surface area contributed by atoms with Crippen LogP contribution in [0.1, 0.15) is 50.3 Å². The normalized spacial score (nSPS) is 11.2. The number of hydrogen-bond donors (Lipinski definition) is 1. The number of amides is 1. The first-order chi connectivity index (χ1) is 8.77. The van der Waals surface area contributed by atoms with Gasteiger partial charge in [0.25, 0.3) is 0 Å². The van der Waals surface area contributed by atoms with Crippen molar-refractivity contribution in [1.82, 2.24) is 5.32 Å². The van der Waals surface area contributed by atoms with E-state index < -0.39 is 5.91 Å². The van der Waals surface area contributed by atoms with E-state index >= 15 is 0 Å². The molecule has 3 nitrogen and oxygen atoms in total. The lowest BCUT2D eigenvalue weighted by Gasteiger charge is -2.28. The third-order valence-corrected chi connectivity index (χ3v) is 3.45. The van der Waals surface area contributed by atoms with Crippen LogP contribution in [0.5, 0.6) is 0 Å². The number of aryl methyl sites for hydroxylation is 1. The highest BCUT2D eigenvalue weighted by atomic mass is 16.1. The van der Waals surface area contributed by atoms with Gasteiger partial charge in [0.2, 0.25) is 0 Å². The molecule has 1 N–H and O–H groups in total. The zero-order valence-corrected chi connectivity index (χ0v) is 12.4. The lowest BCUT2D eigenvalue weighted by molar-refractivity contribution is -0.116. The Morgan fingerprint density at radius 3 is 2.58 bits per heavy atom. The third kappa shape index (κ3) is 3.82. The molecule has 0 aliphatic rings. The van der Waals surface area contributed by atoms with Gasteiger partial charge in [-0.15, -0.1) is 0 Å². The van der Waals surface area contributed by atoms with Gasteiger partial charge in [0, 0.05) is 12.0 Å². The summed E-state index contributed by atoms with van der Waals surface area (Å²) in [7, 11) is 0. The second kappa shape index (κ2) is 5.88. The summed E-state index contributed by atoms with van der Waals surface area (Å²) in [4.78, 5) is 11.1. The Bertz CT molecular complexity index is 510. The van der Waals surface area contributed by atoms with Crippen molar-refractivity contribution in [1.29, 1.82) is 5.26 Å². The first-order valence-corrected chi connectivity index (χ1v) is 6.57. The fourth-order valence-corrected chi connectivity index (χ4v) is 2.16. The van der Waals surface area contributed by atoms with Crippen LogP contribution in [-0.2, 0) is 10.2 Å². The maximum Gasteiger partial charge on any atom is 0.322 e. The van der Waals surface area contributed by atoms with Gasteiger partial charge < -0.3 is 5.32 Å². The second-order valence-corrected chi connectivity index (χ2v) is 5.91. The molecule has 0 aromatic heterocycles. The summed E-state index contributed by atoms with van der Waals surface area (Å²) in [6, 6.07) is 8.06. The largest absolute Gasteiger partial charge is 0.343 e. The Hall–Kier alpha value is -1.82. The predicted molar refractivity (Wildman–Crippen MR) is 76.9 cm³/mol. The molecular formula is C16H22N2O. The maximum absolute atomic E-state index is 11.1. The molecule has 1 amide bonds. The van der Waals surface area contributed by atoms with Crippen LogP contribution in [0, 0.1) is 18.3 Å². The highest BCUT2D eigenvalue weighted by Gasteiger charge is 2.23. The summed E-state index contributed by atoms with van der Waals surface area (Å²) in [5, 5.41) is 11.2. The SMILES string of the molecule is Cc1ccc(C(C)C)cc1C(C)(C)CNC(=O)C#N. The van der Waals surface area contributed by atoms with Crippen LogP contribution < -0.4 is 5.32 Å². The molecule has 0 saturated heterocycles. The van der Waals surface area contributed by atoms with Gasteiger partial charge in [-0.05, 0) is 29.5 Å². The minimum Gasteiger partial charge on any atom is -0.343 e. The van der Waals surface area contributed by atoms with E-state index in [2.05, 4.69) is 58.1 Å². The highest BCUT2D eigenvalue weighted by Crippen LogP contribution is 2.28. The van der Waals surface area contributed by atoms with Gasteiger partial charge in [-0.1, -0.05) is 45.9 Å². The third-order valence-electron chi connectivity index (χ3n) is 3.45. The highest BCUT2D eigenvalue weighted by molar-refractivity contribution is 5.91. The van der Waals surface area contributed by atoms with Crippen LogP contribution in [0.4, 0.5) is 0 Å². The van der Waals surface area contributed by atoms with Crippen molar-refractivity contribution < 1.29 is 4.79 Å². The number of nitrogens with zero attached hydrogens (tertiary/aromatic N) is 1. The van der Waals surface area contributed by atoms with Crippen LogP contribution >= 0.6 is 0 Å². The molecule has 0 spiro atoms. The van der Waals surface area contributed by atoms with Crippen molar-refractivity contribution in [3.63, 3.8) is 0 Å². The van der Waals surface area contributed by atoms with Crippen molar-refractivity contribution in [2.75, 3.05) is 6.54 Å².